The first-order valence-electron chi connectivity index (χ1n) is 11.1. The number of amides is 1. The van der Waals surface area contributed by atoms with Gasteiger partial charge in [0, 0.05) is 11.2 Å². The molecule has 0 radical (unpaired) electrons. The number of anilines is 1. The number of aromatic amines is 1. The molecule has 0 aromatic carbocycles. The second kappa shape index (κ2) is 8.92. The highest BCUT2D eigenvalue weighted by Gasteiger charge is 2.49. The van der Waals surface area contributed by atoms with Crippen molar-refractivity contribution >= 4 is 43.1 Å². The molecule has 0 unspecified atom stereocenters. The maximum Gasteiger partial charge on any atom is 0.280 e. The second-order valence-corrected chi connectivity index (χ2v) is 16.3. The molecule has 1 fully saturated rings. The Labute approximate surface area is 193 Å². The van der Waals surface area contributed by atoms with Crippen LogP contribution in [0.25, 0.3) is 11.2 Å². The van der Waals surface area contributed by atoms with E-state index in [0.717, 1.165) is 6.42 Å². The zero-order chi connectivity index (χ0) is 24.0. The van der Waals surface area contributed by atoms with E-state index in [9.17, 15) is 14.7 Å². The van der Waals surface area contributed by atoms with E-state index in [0.29, 0.717) is 5.65 Å². The monoisotopic (exact) mass is 481 g/mol. The van der Waals surface area contributed by atoms with Gasteiger partial charge in [-0.3, -0.25) is 24.5 Å². The number of fused-ring (bicyclic) bond motifs is 1. The molecule has 1 amide bonds. The minimum atomic E-state index is -2.10. The molecule has 3 N–H and O–H groups in total. The van der Waals surface area contributed by atoms with Gasteiger partial charge in [0.1, 0.15) is 11.5 Å². The number of hydrogen-bond acceptors (Lipinski definition) is 7. The lowest BCUT2D eigenvalue weighted by Crippen LogP contribution is -2.48. The number of nitrogens with one attached hydrogen (secondary N) is 2. The number of carbonyl (C=O) groups is 1. The normalized spacial score (nSPS) is 24.4. The van der Waals surface area contributed by atoms with Crippen LogP contribution >= 0.6 is 11.8 Å². The Kier molecular flexibility index (Phi) is 6.95. The average Bonchev–Trinajstić information content (AvgIpc) is 3.22. The smallest absolute Gasteiger partial charge is 0.280 e. The van der Waals surface area contributed by atoms with Crippen LogP contribution in [0.2, 0.25) is 18.1 Å². The maximum absolute atomic E-state index is 12.5. The molecule has 0 aliphatic carbocycles. The lowest BCUT2D eigenvalue weighted by atomic mass is 10.1. The highest BCUT2D eigenvalue weighted by molar-refractivity contribution is 8.00. The highest BCUT2D eigenvalue weighted by atomic mass is 32.2. The van der Waals surface area contributed by atoms with Gasteiger partial charge in [-0.05, 0) is 24.6 Å². The first-order valence-corrected chi connectivity index (χ1v) is 14.9. The van der Waals surface area contributed by atoms with Crippen LogP contribution in [0, 0.1) is 5.92 Å². The van der Waals surface area contributed by atoms with Gasteiger partial charge in [-0.1, -0.05) is 41.5 Å². The van der Waals surface area contributed by atoms with Gasteiger partial charge in [0.15, 0.2) is 19.5 Å². The summed E-state index contributed by atoms with van der Waals surface area (Å²) in [5.74, 6) is -0.434. The molecule has 11 heteroatoms. The molecule has 178 valence electrons. The summed E-state index contributed by atoms with van der Waals surface area (Å²) in [6.07, 6.45) is 1.26. The van der Waals surface area contributed by atoms with Crippen LogP contribution in [-0.2, 0) is 9.22 Å². The zero-order valence-corrected chi connectivity index (χ0v) is 21.9. The number of carbonyl (C=O) groups excluding carboxylic acids is 1. The molecular formula is C21H35N5O4SSi. The Bertz CT molecular complexity index is 1040. The van der Waals surface area contributed by atoms with E-state index in [2.05, 4.69) is 61.1 Å². The van der Waals surface area contributed by atoms with Crippen LogP contribution in [0.3, 0.4) is 0 Å². The number of hydrogen-bond donors (Lipinski definition) is 3. The van der Waals surface area contributed by atoms with E-state index < -0.39 is 25.4 Å². The molecule has 3 heterocycles. The number of H-pyrrole nitrogens is 1. The molecule has 32 heavy (non-hydrogen) atoms. The van der Waals surface area contributed by atoms with Crippen molar-refractivity contribution in [1.82, 2.24) is 19.5 Å². The topological polar surface area (TPSA) is 122 Å². The fourth-order valence-corrected chi connectivity index (χ4v) is 6.33. The van der Waals surface area contributed by atoms with E-state index in [1.807, 2.05) is 0 Å². The molecule has 2 aromatic heterocycles. The van der Waals surface area contributed by atoms with Gasteiger partial charge in [0.2, 0.25) is 11.9 Å². The molecule has 0 saturated carbocycles. The summed E-state index contributed by atoms with van der Waals surface area (Å²) in [5, 5.41) is 13.7. The average molecular weight is 482 g/mol. The van der Waals surface area contributed by atoms with Crippen LogP contribution in [0.5, 0.6) is 0 Å². The van der Waals surface area contributed by atoms with Gasteiger partial charge in [-0.2, -0.15) is 4.98 Å². The van der Waals surface area contributed by atoms with Gasteiger partial charge in [0.25, 0.3) is 5.56 Å². The van der Waals surface area contributed by atoms with E-state index in [1.54, 1.807) is 30.2 Å². The van der Waals surface area contributed by atoms with Gasteiger partial charge < -0.3 is 9.53 Å². The first-order chi connectivity index (χ1) is 14.8. The third kappa shape index (κ3) is 4.66. The Morgan fingerprint density at radius 1 is 1.41 bits per heavy atom. The summed E-state index contributed by atoms with van der Waals surface area (Å²) < 4.78 is 8.36. The molecule has 2 aromatic rings. The number of nitrogens with zero attached hydrogens (tertiary/aromatic N) is 3. The molecule has 0 bridgehead atoms. The van der Waals surface area contributed by atoms with Crippen molar-refractivity contribution < 1.29 is 14.3 Å². The number of imidazole rings is 1. The first kappa shape index (κ1) is 24.9. The fraction of sp³-hybridized carbons (Fsp3) is 0.714. The lowest BCUT2D eigenvalue weighted by molar-refractivity contribution is -0.118. The third-order valence-corrected chi connectivity index (χ3v) is 12.6. The summed E-state index contributed by atoms with van der Waals surface area (Å²) in [6, 6.07) is 0. The van der Waals surface area contributed by atoms with E-state index in [1.165, 1.54) is 6.33 Å². The van der Waals surface area contributed by atoms with Crippen LogP contribution in [0.15, 0.2) is 11.1 Å². The van der Waals surface area contributed by atoms with Crippen molar-refractivity contribution in [3.63, 3.8) is 0 Å². The van der Waals surface area contributed by atoms with Crippen molar-refractivity contribution in [1.29, 1.82) is 0 Å². The Morgan fingerprint density at radius 3 is 2.62 bits per heavy atom. The number of rotatable bonds is 6. The number of aliphatic hydroxyl groups excluding tert-OH is 1. The number of aliphatic hydroxyl groups is 1. The lowest BCUT2D eigenvalue weighted by Gasteiger charge is -2.40. The standard InChI is InChI=1S/C21H35N5O4SSi/c1-9-12-15(30-32(7,8)21(4,5)6)14(27)19(31-12)26-10-22-13-16(26)23-20(25-18(13)29)24-17(28)11(2)3/h10-12,14-15,19,27H,9H2,1-8H3,(H2,23,24,25,28,29)/t12-,14-,15-,19-/m1/s1. The summed E-state index contributed by atoms with van der Waals surface area (Å²) in [4.78, 5) is 35.8. The Balaban J connectivity index is 1.97. The second-order valence-electron chi connectivity index (χ2n) is 10.2. The van der Waals surface area contributed by atoms with Crippen molar-refractivity contribution in [3.05, 3.63) is 16.7 Å². The van der Waals surface area contributed by atoms with Crippen LogP contribution < -0.4 is 10.9 Å². The molecule has 1 aliphatic rings. The quantitative estimate of drug-likeness (QED) is 0.540. The predicted octanol–water partition coefficient (Wildman–Crippen LogP) is 3.49. The van der Waals surface area contributed by atoms with Crippen molar-refractivity contribution in [2.24, 2.45) is 5.92 Å². The summed E-state index contributed by atoms with van der Waals surface area (Å²) in [6.45, 7) is 16.5. The van der Waals surface area contributed by atoms with Gasteiger partial charge >= 0.3 is 0 Å². The number of aromatic nitrogens is 4. The van der Waals surface area contributed by atoms with Crippen molar-refractivity contribution in [3.8, 4) is 0 Å². The largest absolute Gasteiger partial charge is 0.410 e. The zero-order valence-electron chi connectivity index (χ0n) is 20.1. The number of thioether (sulfide) groups is 1. The Morgan fingerprint density at radius 2 is 2.06 bits per heavy atom. The van der Waals surface area contributed by atoms with E-state index in [-0.39, 0.29) is 39.7 Å². The summed E-state index contributed by atoms with van der Waals surface area (Å²) in [7, 11) is -2.10. The van der Waals surface area contributed by atoms with Crippen LogP contribution in [-0.4, -0.2) is 56.3 Å². The molecule has 3 rings (SSSR count). The van der Waals surface area contributed by atoms with Crippen molar-refractivity contribution in [2.75, 3.05) is 5.32 Å². The molecular weight excluding hydrogens is 446 g/mol. The fourth-order valence-electron chi connectivity index (χ4n) is 3.37. The van der Waals surface area contributed by atoms with Crippen LogP contribution in [0.4, 0.5) is 5.95 Å². The van der Waals surface area contributed by atoms with E-state index in [4.69, 9.17) is 4.43 Å². The molecule has 1 aliphatic heterocycles. The van der Waals surface area contributed by atoms with Gasteiger partial charge in [-0.15, -0.1) is 11.8 Å². The Hall–Kier alpha value is -1.69. The highest BCUT2D eigenvalue weighted by Crippen LogP contribution is 2.48. The minimum Gasteiger partial charge on any atom is -0.410 e. The summed E-state index contributed by atoms with van der Waals surface area (Å²) in [5.41, 5.74) is 0.0563. The van der Waals surface area contributed by atoms with Gasteiger partial charge in [-0.25, -0.2) is 4.98 Å². The van der Waals surface area contributed by atoms with Gasteiger partial charge in [0.05, 0.1) is 12.4 Å². The molecule has 1 saturated heterocycles. The molecule has 0 spiro atoms. The van der Waals surface area contributed by atoms with Crippen molar-refractivity contribution in [2.45, 2.75) is 88.9 Å². The molecule has 9 nitrogen and oxygen atoms in total. The van der Waals surface area contributed by atoms with E-state index >= 15 is 0 Å². The van der Waals surface area contributed by atoms with Crippen LogP contribution in [0.1, 0.15) is 53.3 Å². The minimum absolute atomic E-state index is 0.0217. The summed E-state index contributed by atoms with van der Waals surface area (Å²) >= 11 is 1.61. The molecule has 4 atom stereocenters. The SMILES string of the molecule is CC[C@H]1S[C@@H](n2cnc3c(=O)[nH]c(NC(=O)C(C)C)nc32)[C@H](O)[C@@H]1O[Si](C)(C)C(C)(C)C. The third-order valence-electron chi connectivity index (χ3n) is 6.42. The maximum atomic E-state index is 12.5. The predicted molar refractivity (Wildman–Crippen MR) is 130 cm³/mol.